The summed E-state index contributed by atoms with van der Waals surface area (Å²) in [5.41, 5.74) is 7.00. The predicted octanol–water partition coefficient (Wildman–Crippen LogP) is 1.07. The fourth-order valence-electron chi connectivity index (χ4n) is 2.48. The second kappa shape index (κ2) is 6.61. The van der Waals surface area contributed by atoms with E-state index in [0.717, 1.165) is 38.3 Å². The Hall–Kier alpha value is -1.75. The molecule has 1 saturated heterocycles. The Morgan fingerprint density at radius 3 is 2.60 bits per heavy atom. The van der Waals surface area contributed by atoms with Crippen LogP contribution in [0.1, 0.15) is 18.9 Å². The molecule has 20 heavy (non-hydrogen) atoms. The first-order valence-electron chi connectivity index (χ1n) is 7.17. The van der Waals surface area contributed by atoms with Crippen LogP contribution in [-0.2, 0) is 11.2 Å². The van der Waals surface area contributed by atoms with Gasteiger partial charge in [-0.2, -0.15) is 0 Å². The molecule has 0 spiro atoms. The average Bonchev–Trinajstić information content (AvgIpc) is 2.48. The molecule has 1 amide bonds. The molecule has 3 N–H and O–H groups in total. The summed E-state index contributed by atoms with van der Waals surface area (Å²) >= 11 is 0. The first-order chi connectivity index (χ1) is 9.60. The number of rotatable bonds is 4. The van der Waals surface area contributed by atoms with Gasteiger partial charge in [0.05, 0.1) is 5.69 Å². The third-order valence-electron chi connectivity index (χ3n) is 3.89. The number of likely N-dealkylation sites (N-methyl/N-ethyl adjacent to an activating group) is 1. The standard InChI is InChI=1S/C15H23N3O2/c1-2-17-7-9-18(10-8-17)15(20)6-4-12-3-5-14(19)13(16)11-12/h3,5,11,19H,2,4,6-10,16H2,1H3. The zero-order chi connectivity index (χ0) is 14.5. The van der Waals surface area contributed by atoms with E-state index >= 15 is 0 Å². The zero-order valence-electron chi connectivity index (χ0n) is 12.0. The third kappa shape index (κ3) is 3.63. The van der Waals surface area contributed by atoms with Gasteiger partial charge in [0.25, 0.3) is 0 Å². The highest BCUT2D eigenvalue weighted by atomic mass is 16.3. The van der Waals surface area contributed by atoms with Crippen molar-refractivity contribution in [1.82, 2.24) is 9.80 Å². The molecule has 5 nitrogen and oxygen atoms in total. The van der Waals surface area contributed by atoms with Gasteiger partial charge in [-0.1, -0.05) is 13.0 Å². The lowest BCUT2D eigenvalue weighted by molar-refractivity contribution is -0.132. The molecule has 0 radical (unpaired) electrons. The van der Waals surface area contributed by atoms with Crippen molar-refractivity contribution in [3.8, 4) is 5.75 Å². The maximum atomic E-state index is 12.1. The first-order valence-corrected chi connectivity index (χ1v) is 7.17. The molecule has 0 aromatic heterocycles. The maximum absolute atomic E-state index is 12.1. The van der Waals surface area contributed by atoms with Gasteiger partial charge in [0.1, 0.15) is 5.75 Å². The van der Waals surface area contributed by atoms with E-state index in [1.54, 1.807) is 12.1 Å². The van der Waals surface area contributed by atoms with Crippen LogP contribution in [0.5, 0.6) is 5.75 Å². The molecule has 0 bridgehead atoms. The van der Waals surface area contributed by atoms with Crippen LogP contribution in [0.3, 0.4) is 0 Å². The van der Waals surface area contributed by atoms with Crippen LogP contribution in [0, 0.1) is 0 Å². The van der Waals surface area contributed by atoms with E-state index in [1.165, 1.54) is 0 Å². The van der Waals surface area contributed by atoms with Gasteiger partial charge in [0.2, 0.25) is 5.91 Å². The van der Waals surface area contributed by atoms with Gasteiger partial charge in [0, 0.05) is 32.6 Å². The van der Waals surface area contributed by atoms with Gasteiger partial charge in [-0.25, -0.2) is 0 Å². The van der Waals surface area contributed by atoms with E-state index in [2.05, 4.69) is 11.8 Å². The molecule has 0 unspecified atom stereocenters. The highest BCUT2D eigenvalue weighted by molar-refractivity contribution is 5.76. The predicted molar refractivity (Wildman–Crippen MR) is 79.5 cm³/mol. The summed E-state index contributed by atoms with van der Waals surface area (Å²) in [6.07, 6.45) is 1.16. The highest BCUT2D eigenvalue weighted by Crippen LogP contribution is 2.21. The summed E-state index contributed by atoms with van der Waals surface area (Å²) in [5.74, 6) is 0.295. The number of carbonyl (C=O) groups excluding carboxylic acids is 1. The van der Waals surface area contributed by atoms with Crippen LogP contribution in [-0.4, -0.2) is 53.5 Å². The van der Waals surface area contributed by atoms with Crippen LogP contribution < -0.4 is 5.73 Å². The van der Waals surface area contributed by atoms with E-state index in [-0.39, 0.29) is 11.7 Å². The molecule has 0 aliphatic carbocycles. The Morgan fingerprint density at radius 2 is 2.00 bits per heavy atom. The number of hydrogen-bond acceptors (Lipinski definition) is 4. The molecule has 1 aromatic rings. The molecule has 0 atom stereocenters. The zero-order valence-corrected chi connectivity index (χ0v) is 12.0. The SMILES string of the molecule is CCN1CCN(C(=O)CCc2ccc(O)c(N)c2)CC1. The number of carbonyl (C=O) groups is 1. The number of anilines is 1. The Kier molecular flexibility index (Phi) is 4.84. The number of nitrogen functional groups attached to an aromatic ring is 1. The number of amides is 1. The number of aryl methyl sites for hydroxylation is 1. The Labute approximate surface area is 120 Å². The van der Waals surface area contributed by atoms with E-state index in [9.17, 15) is 9.90 Å². The molecular formula is C15H23N3O2. The summed E-state index contributed by atoms with van der Waals surface area (Å²) in [7, 11) is 0. The minimum absolute atomic E-state index is 0.0933. The van der Waals surface area contributed by atoms with Crippen molar-refractivity contribution in [2.45, 2.75) is 19.8 Å². The molecule has 5 heteroatoms. The van der Waals surface area contributed by atoms with E-state index in [1.807, 2.05) is 11.0 Å². The second-order valence-corrected chi connectivity index (χ2v) is 5.21. The number of hydrogen-bond donors (Lipinski definition) is 2. The molecule has 1 aromatic carbocycles. The molecule has 110 valence electrons. The lowest BCUT2D eigenvalue weighted by Gasteiger charge is -2.34. The molecule has 1 aliphatic heterocycles. The number of phenolic OH excluding ortho intramolecular Hbond substituents is 1. The van der Waals surface area contributed by atoms with E-state index in [4.69, 9.17) is 5.73 Å². The van der Waals surface area contributed by atoms with Crippen LogP contribution in [0.25, 0.3) is 0 Å². The largest absolute Gasteiger partial charge is 0.506 e. The van der Waals surface area contributed by atoms with Crippen molar-refractivity contribution in [2.24, 2.45) is 0 Å². The Balaban J connectivity index is 1.81. The van der Waals surface area contributed by atoms with Gasteiger partial charge in [-0.15, -0.1) is 0 Å². The quantitative estimate of drug-likeness (QED) is 0.638. The van der Waals surface area contributed by atoms with Crippen molar-refractivity contribution in [3.63, 3.8) is 0 Å². The van der Waals surface area contributed by atoms with E-state index < -0.39 is 0 Å². The summed E-state index contributed by atoms with van der Waals surface area (Å²) in [4.78, 5) is 16.4. The average molecular weight is 277 g/mol. The fraction of sp³-hybridized carbons (Fsp3) is 0.533. The topological polar surface area (TPSA) is 69.8 Å². The van der Waals surface area contributed by atoms with Gasteiger partial charge >= 0.3 is 0 Å². The van der Waals surface area contributed by atoms with Crippen molar-refractivity contribution in [2.75, 3.05) is 38.5 Å². The van der Waals surface area contributed by atoms with Gasteiger partial charge < -0.3 is 20.6 Å². The van der Waals surface area contributed by atoms with Crippen molar-refractivity contribution >= 4 is 11.6 Å². The molecule has 1 fully saturated rings. The molecule has 1 heterocycles. The lowest BCUT2D eigenvalue weighted by Crippen LogP contribution is -2.48. The van der Waals surface area contributed by atoms with Gasteiger partial charge in [-0.3, -0.25) is 4.79 Å². The molecule has 2 rings (SSSR count). The summed E-state index contributed by atoms with van der Waals surface area (Å²) in [6, 6.07) is 5.13. The van der Waals surface area contributed by atoms with Crippen LogP contribution in [0.4, 0.5) is 5.69 Å². The smallest absolute Gasteiger partial charge is 0.222 e. The minimum Gasteiger partial charge on any atom is -0.506 e. The number of nitrogens with zero attached hydrogens (tertiary/aromatic N) is 2. The summed E-state index contributed by atoms with van der Waals surface area (Å²) < 4.78 is 0. The number of benzene rings is 1. The third-order valence-corrected chi connectivity index (χ3v) is 3.89. The lowest BCUT2D eigenvalue weighted by atomic mass is 10.1. The summed E-state index contributed by atoms with van der Waals surface area (Å²) in [6.45, 7) is 6.78. The second-order valence-electron chi connectivity index (χ2n) is 5.21. The maximum Gasteiger partial charge on any atom is 0.222 e. The van der Waals surface area contributed by atoms with Crippen LogP contribution in [0.15, 0.2) is 18.2 Å². The Bertz CT molecular complexity index is 468. The van der Waals surface area contributed by atoms with E-state index in [0.29, 0.717) is 18.5 Å². The molecular weight excluding hydrogens is 254 g/mol. The molecule has 1 aliphatic rings. The Morgan fingerprint density at radius 1 is 1.30 bits per heavy atom. The number of aromatic hydroxyl groups is 1. The molecule has 0 saturated carbocycles. The number of nitrogens with two attached hydrogens (primary N) is 1. The normalized spacial score (nSPS) is 16.4. The van der Waals surface area contributed by atoms with Crippen molar-refractivity contribution in [1.29, 1.82) is 0 Å². The summed E-state index contributed by atoms with van der Waals surface area (Å²) in [5, 5.41) is 9.37. The fourth-order valence-corrected chi connectivity index (χ4v) is 2.48. The highest BCUT2D eigenvalue weighted by Gasteiger charge is 2.19. The van der Waals surface area contributed by atoms with Crippen LogP contribution >= 0.6 is 0 Å². The van der Waals surface area contributed by atoms with Gasteiger partial charge in [0.15, 0.2) is 0 Å². The number of piperazine rings is 1. The first kappa shape index (κ1) is 14.7. The van der Waals surface area contributed by atoms with Crippen molar-refractivity contribution < 1.29 is 9.90 Å². The monoisotopic (exact) mass is 277 g/mol. The van der Waals surface area contributed by atoms with Crippen molar-refractivity contribution in [3.05, 3.63) is 23.8 Å². The van der Waals surface area contributed by atoms with Crippen LogP contribution in [0.2, 0.25) is 0 Å². The van der Waals surface area contributed by atoms with Gasteiger partial charge in [-0.05, 0) is 30.7 Å². The number of phenols is 1. The minimum atomic E-state index is 0.0933.